The average Bonchev–Trinajstić information content (AvgIpc) is 3.34. The zero-order valence-electron chi connectivity index (χ0n) is 20.2. The van der Waals surface area contributed by atoms with Crippen LogP contribution in [0.4, 0.5) is 10.5 Å². The van der Waals surface area contributed by atoms with Crippen LogP contribution in [0.15, 0.2) is 60.7 Å². The molecule has 37 heavy (non-hydrogen) atoms. The normalized spacial score (nSPS) is 24.9. The number of rotatable bonds is 9. The van der Waals surface area contributed by atoms with Gasteiger partial charge in [-0.25, -0.2) is 9.69 Å². The van der Waals surface area contributed by atoms with Crippen molar-refractivity contribution in [2.45, 2.75) is 31.3 Å². The van der Waals surface area contributed by atoms with Crippen LogP contribution in [-0.4, -0.2) is 52.8 Å². The summed E-state index contributed by atoms with van der Waals surface area (Å²) < 4.78 is 0. The first kappa shape index (κ1) is 25.8. The fourth-order valence-electron chi connectivity index (χ4n) is 5.20. The number of carbonyl (C=O) groups excluding carboxylic acids is 4. The Labute approximate surface area is 213 Å². The van der Waals surface area contributed by atoms with Gasteiger partial charge in [-0.15, -0.1) is 0 Å². The quantitative estimate of drug-likeness (QED) is 0.231. The monoisotopic (exact) mass is 504 g/mol. The largest absolute Gasteiger partial charge is 0.480 e. The highest BCUT2D eigenvalue weighted by molar-refractivity contribution is 6.24. The van der Waals surface area contributed by atoms with Crippen LogP contribution in [0.1, 0.15) is 35.7 Å². The standard InChI is InChI=1S/C27H28N4O6/c1-16(32)18-9-11-19(12-10-18)31-23(33)21-20(13-8-17-6-3-2-4-7-17)30-27(25(35)36,22(21)24(31)34)14-5-15-29-26(28)37/h2-4,6-13,20-22,30H,5,14-15H2,1H3,(H,35,36)(H3,28,29,37)/b13-8+. The zero-order valence-corrected chi connectivity index (χ0v) is 20.2. The van der Waals surface area contributed by atoms with Gasteiger partial charge in [-0.1, -0.05) is 42.5 Å². The Balaban J connectivity index is 1.72. The molecule has 0 radical (unpaired) electrons. The Morgan fingerprint density at radius 1 is 1.08 bits per heavy atom. The number of carbonyl (C=O) groups is 5. The van der Waals surface area contributed by atoms with Crippen LogP contribution in [-0.2, 0) is 14.4 Å². The van der Waals surface area contributed by atoms with Gasteiger partial charge in [0.05, 0.1) is 17.5 Å². The van der Waals surface area contributed by atoms with Crippen LogP contribution >= 0.6 is 0 Å². The van der Waals surface area contributed by atoms with E-state index in [2.05, 4.69) is 10.6 Å². The molecule has 0 spiro atoms. The van der Waals surface area contributed by atoms with Crippen molar-refractivity contribution < 1.29 is 29.1 Å². The number of imide groups is 1. The number of amides is 4. The topological polar surface area (TPSA) is 159 Å². The van der Waals surface area contributed by atoms with E-state index in [0.717, 1.165) is 10.5 Å². The molecule has 4 unspecified atom stereocenters. The maximum absolute atomic E-state index is 13.7. The number of carboxylic acids is 1. The molecule has 0 bridgehead atoms. The maximum Gasteiger partial charge on any atom is 0.324 e. The fraction of sp³-hybridized carbons (Fsp3) is 0.296. The molecule has 4 atom stereocenters. The highest BCUT2D eigenvalue weighted by Gasteiger charge is 2.67. The molecule has 10 nitrogen and oxygen atoms in total. The average molecular weight is 505 g/mol. The molecular formula is C27H28N4O6. The van der Waals surface area contributed by atoms with Gasteiger partial charge in [0.15, 0.2) is 5.78 Å². The first-order valence-electron chi connectivity index (χ1n) is 11.9. The summed E-state index contributed by atoms with van der Waals surface area (Å²) >= 11 is 0. The number of Topliss-reactive ketones (excluding diaryl/α,β-unsaturated/α-hetero) is 1. The number of hydrogen-bond donors (Lipinski definition) is 4. The summed E-state index contributed by atoms with van der Waals surface area (Å²) in [5, 5.41) is 15.9. The van der Waals surface area contributed by atoms with Gasteiger partial charge in [0, 0.05) is 18.2 Å². The van der Waals surface area contributed by atoms with Crippen molar-refractivity contribution in [2.24, 2.45) is 17.6 Å². The molecule has 4 amide bonds. The summed E-state index contributed by atoms with van der Waals surface area (Å²) in [6, 6.07) is 13.9. The van der Waals surface area contributed by atoms with Gasteiger partial charge in [-0.05, 0) is 49.6 Å². The Morgan fingerprint density at radius 3 is 2.35 bits per heavy atom. The Morgan fingerprint density at radius 2 is 1.76 bits per heavy atom. The van der Waals surface area contributed by atoms with Crippen molar-refractivity contribution in [3.63, 3.8) is 0 Å². The molecule has 192 valence electrons. The molecule has 4 rings (SSSR count). The molecule has 2 heterocycles. The summed E-state index contributed by atoms with van der Waals surface area (Å²) in [7, 11) is 0. The van der Waals surface area contributed by atoms with E-state index in [4.69, 9.17) is 5.73 Å². The van der Waals surface area contributed by atoms with E-state index in [1.807, 2.05) is 30.3 Å². The number of nitrogens with two attached hydrogens (primary N) is 1. The van der Waals surface area contributed by atoms with E-state index < -0.39 is 47.2 Å². The fourth-order valence-corrected chi connectivity index (χ4v) is 5.20. The summed E-state index contributed by atoms with van der Waals surface area (Å²) in [4.78, 5) is 63.8. The van der Waals surface area contributed by atoms with E-state index in [9.17, 15) is 29.1 Å². The summed E-state index contributed by atoms with van der Waals surface area (Å²) in [6.07, 6.45) is 3.70. The molecule has 2 aliphatic heterocycles. The minimum absolute atomic E-state index is 0.0183. The SMILES string of the molecule is CC(=O)c1ccc(N2C(=O)C3C(/C=C/c4ccccc4)NC(CCCNC(N)=O)(C(=O)O)C3C2=O)cc1. The number of hydrogen-bond acceptors (Lipinski definition) is 6. The van der Waals surface area contributed by atoms with Gasteiger partial charge in [0.1, 0.15) is 5.54 Å². The highest BCUT2D eigenvalue weighted by atomic mass is 16.4. The highest BCUT2D eigenvalue weighted by Crippen LogP contribution is 2.47. The van der Waals surface area contributed by atoms with Gasteiger partial charge < -0.3 is 16.2 Å². The van der Waals surface area contributed by atoms with Crippen LogP contribution in [0, 0.1) is 11.8 Å². The predicted octanol–water partition coefficient (Wildman–Crippen LogP) is 1.95. The Kier molecular flexibility index (Phi) is 7.21. The molecule has 0 aliphatic carbocycles. The minimum Gasteiger partial charge on any atom is -0.480 e. The first-order chi connectivity index (χ1) is 17.7. The first-order valence-corrected chi connectivity index (χ1v) is 11.9. The Hall–Kier alpha value is -4.31. The van der Waals surface area contributed by atoms with Crippen LogP contribution in [0.2, 0.25) is 0 Å². The Bertz CT molecular complexity index is 1260. The van der Waals surface area contributed by atoms with Crippen molar-refractivity contribution in [2.75, 3.05) is 11.4 Å². The van der Waals surface area contributed by atoms with Crippen molar-refractivity contribution >= 4 is 41.4 Å². The summed E-state index contributed by atoms with van der Waals surface area (Å²) in [6.45, 7) is 1.53. The summed E-state index contributed by atoms with van der Waals surface area (Å²) in [5.41, 5.74) is 4.93. The number of primary amides is 1. The molecular weight excluding hydrogens is 476 g/mol. The second kappa shape index (κ2) is 10.4. The molecule has 2 aromatic rings. The third-order valence-electron chi connectivity index (χ3n) is 6.95. The lowest BCUT2D eigenvalue weighted by Crippen LogP contribution is -2.57. The lowest BCUT2D eigenvalue weighted by atomic mass is 9.77. The minimum atomic E-state index is -1.74. The second-order valence-corrected chi connectivity index (χ2v) is 9.23. The van der Waals surface area contributed by atoms with Gasteiger partial charge in [0.2, 0.25) is 11.8 Å². The second-order valence-electron chi connectivity index (χ2n) is 9.23. The number of fused-ring (bicyclic) bond motifs is 1. The van der Waals surface area contributed by atoms with E-state index in [0.29, 0.717) is 5.56 Å². The van der Waals surface area contributed by atoms with E-state index in [1.54, 1.807) is 12.2 Å². The number of aliphatic carboxylic acids is 1. The maximum atomic E-state index is 13.7. The summed E-state index contributed by atoms with van der Waals surface area (Å²) in [5.74, 6) is -4.69. The molecule has 2 saturated heterocycles. The van der Waals surface area contributed by atoms with Gasteiger partial charge in [0.25, 0.3) is 0 Å². The van der Waals surface area contributed by atoms with Crippen LogP contribution in [0.3, 0.4) is 0 Å². The molecule has 10 heteroatoms. The third-order valence-corrected chi connectivity index (χ3v) is 6.95. The van der Waals surface area contributed by atoms with Crippen LogP contribution < -0.4 is 21.3 Å². The van der Waals surface area contributed by atoms with E-state index >= 15 is 0 Å². The lowest BCUT2D eigenvalue weighted by molar-refractivity contribution is -0.149. The van der Waals surface area contributed by atoms with Gasteiger partial charge in [-0.2, -0.15) is 0 Å². The van der Waals surface area contributed by atoms with Crippen LogP contribution in [0.25, 0.3) is 6.08 Å². The van der Waals surface area contributed by atoms with Crippen molar-refractivity contribution in [1.82, 2.24) is 10.6 Å². The molecule has 0 aromatic heterocycles. The number of nitrogens with one attached hydrogen (secondary N) is 2. The van der Waals surface area contributed by atoms with Gasteiger partial charge >= 0.3 is 12.0 Å². The molecule has 2 aliphatic rings. The van der Waals surface area contributed by atoms with Crippen LogP contribution in [0.5, 0.6) is 0 Å². The molecule has 2 aromatic carbocycles. The molecule has 2 fully saturated rings. The third kappa shape index (κ3) is 4.88. The number of ketones is 1. The number of anilines is 1. The number of carboxylic acid groups (broad SMARTS) is 1. The molecule has 5 N–H and O–H groups in total. The lowest BCUT2D eigenvalue weighted by Gasteiger charge is -2.31. The zero-order chi connectivity index (χ0) is 26.7. The smallest absolute Gasteiger partial charge is 0.324 e. The van der Waals surface area contributed by atoms with Gasteiger partial charge in [-0.3, -0.25) is 24.5 Å². The van der Waals surface area contributed by atoms with Crippen molar-refractivity contribution in [3.8, 4) is 0 Å². The number of benzene rings is 2. The van der Waals surface area contributed by atoms with Crippen molar-refractivity contribution in [1.29, 1.82) is 0 Å². The van der Waals surface area contributed by atoms with Crippen molar-refractivity contribution in [3.05, 3.63) is 71.8 Å². The predicted molar refractivity (Wildman–Crippen MR) is 136 cm³/mol. The van der Waals surface area contributed by atoms with E-state index in [-0.39, 0.29) is 30.9 Å². The van der Waals surface area contributed by atoms with E-state index in [1.165, 1.54) is 31.2 Å². The number of urea groups is 1. The number of nitrogens with zero attached hydrogens (tertiary/aromatic N) is 1. The molecule has 0 saturated carbocycles.